The highest BCUT2D eigenvalue weighted by molar-refractivity contribution is 7.89. The van der Waals surface area contributed by atoms with Gasteiger partial charge in [0.1, 0.15) is 5.54 Å². The van der Waals surface area contributed by atoms with E-state index < -0.39 is 27.4 Å². The minimum Gasteiger partial charge on any atom is -0.350 e. The second-order valence-corrected chi connectivity index (χ2v) is 10.1. The minimum atomic E-state index is -3.64. The van der Waals surface area contributed by atoms with E-state index in [1.165, 1.54) is 11.8 Å². The molecule has 0 spiro atoms. The first kappa shape index (κ1) is 23.0. The molecule has 0 saturated carbocycles. The Balaban J connectivity index is 2.01. The number of benzene rings is 2. The lowest BCUT2D eigenvalue weighted by Gasteiger charge is -2.47. The van der Waals surface area contributed by atoms with Gasteiger partial charge in [0.2, 0.25) is 21.8 Å². The van der Waals surface area contributed by atoms with Crippen LogP contribution in [0.4, 0.5) is 5.69 Å². The number of anilines is 1. The average molecular weight is 444 g/mol. The second kappa shape index (κ2) is 9.20. The fourth-order valence-corrected chi connectivity index (χ4v) is 5.04. The number of hydrogen-bond acceptors (Lipinski definition) is 4. The van der Waals surface area contributed by atoms with Crippen molar-refractivity contribution in [3.63, 3.8) is 0 Å². The summed E-state index contributed by atoms with van der Waals surface area (Å²) in [5, 5.41) is 2.90. The van der Waals surface area contributed by atoms with Crippen LogP contribution in [0.2, 0.25) is 0 Å². The molecule has 1 saturated heterocycles. The van der Waals surface area contributed by atoms with Gasteiger partial charge in [0.25, 0.3) is 0 Å². The maximum Gasteiger partial charge on any atom is 0.247 e. The molecule has 166 valence electrons. The standard InChI is InChI=1S/C23H29N3O4S/c1-4-19-13-9-10-14-20(19)26-21(27)16-25(31(29,30)5-2)17-23(26,3)22(28)24-15-18-11-7-6-8-12-18/h6-14H,4-5,15-17H2,1-3H3,(H,24,28)/t23-/m0/s1. The van der Waals surface area contributed by atoms with Crippen LogP contribution in [0.25, 0.3) is 0 Å². The van der Waals surface area contributed by atoms with Crippen molar-refractivity contribution in [2.75, 3.05) is 23.7 Å². The number of piperazine rings is 1. The molecule has 8 heteroatoms. The topological polar surface area (TPSA) is 86.8 Å². The summed E-state index contributed by atoms with van der Waals surface area (Å²) in [6.07, 6.45) is 0.679. The van der Waals surface area contributed by atoms with E-state index in [0.29, 0.717) is 12.1 Å². The number of rotatable bonds is 7. The fourth-order valence-electron chi connectivity index (χ4n) is 3.92. The summed E-state index contributed by atoms with van der Waals surface area (Å²) in [5.41, 5.74) is 1.09. The van der Waals surface area contributed by atoms with Gasteiger partial charge >= 0.3 is 0 Å². The van der Waals surface area contributed by atoms with Crippen LogP contribution in [-0.4, -0.2) is 48.9 Å². The third-order valence-electron chi connectivity index (χ3n) is 5.70. The van der Waals surface area contributed by atoms with Crippen molar-refractivity contribution in [2.45, 2.75) is 39.3 Å². The Morgan fingerprint density at radius 2 is 1.71 bits per heavy atom. The van der Waals surface area contributed by atoms with Crippen LogP contribution in [0.15, 0.2) is 54.6 Å². The number of amides is 2. The molecule has 2 aromatic rings. The third-order valence-corrected chi connectivity index (χ3v) is 7.47. The van der Waals surface area contributed by atoms with Crippen molar-refractivity contribution in [3.05, 3.63) is 65.7 Å². The van der Waals surface area contributed by atoms with Crippen LogP contribution in [0.5, 0.6) is 0 Å². The molecule has 0 radical (unpaired) electrons. The predicted octanol–water partition coefficient (Wildman–Crippen LogP) is 2.32. The van der Waals surface area contributed by atoms with Gasteiger partial charge in [-0.05, 0) is 37.5 Å². The number of aryl methyl sites for hydroxylation is 1. The molecule has 2 amide bonds. The average Bonchev–Trinajstić information content (AvgIpc) is 2.77. The first-order valence-corrected chi connectivity index (χ1v) is 12.0. The van der Waals surface area contributed by atoms with E-state index in [2.05, 4.69) is 5.32 Å². The van der Waals surface area contributed by atoms with Crippen molar-refractivity contribution in [3.8, 4) is 0 Å². The zero-order valence-electron chi connectivity index (χ0n) is 18.2. The van der Waals surface area contributed by atoms with E-state index >= 15 is 0 Å². The molecule has 0 aromatic heterocycles. The molecule has 0 unspecified atom stereocenters. The molecule has 0 bridgehead atoms. The molecule has 7 nitrogen and oxygen atoms in total. The SMILES string of the molecule is CCc1ccccc1N1C(=O)CN(S(=O)(=O)CC)C[C@@]1(C)C(=O)NCc1ccccc1. The van der Waals surface area contributed by atoms with Crippen LogP contribution in [0.1, 0.15) is 31.9 Å². The Kier molecular flexibility index (Phi) is 6.81. The molecule has 1 aliphatic heterocycles. The molecule has 2 aromatic carbocycles. The molecule has 1 aliphatic rings. The summed E-state index contributed by atoms with van der Waals surface area (Å²) >= 11 is 0. The predicted molar refractivity (Wildman–Crippen MR) is 121 cm³/mol. The van der Waals surface area contributed by atoms with Gasteiger partial charge in [0.05, 0.1) is 12.3 Å². The van der Waals surface area contributed by atoms with E-state index in [9.17, 15) is 18.0 Å². The van der Waals surface area contributed by atoms with Crippen molar-refractivity contribution in [2.24, 2.45) is 0 Å². The van der Waals surface area contributed by atoms with Crippen molar-refractivity contribution >= 4 is 27.5 Å². The highest BCUT2D eigenvalue weighted by Gasteiger charge is 2.50. The summed E-state index contributed by atoms with van der Waals surface area (Å²) in [5.74, 6) is -0.943. The Bertz CT molecular complexity index is 1060. The summed E-state index contributed by atoms with van der Waals surface area (Å²) in [4.78, 5) is 28.2. The Hall–Kier alpha value is -2.71. The van der Waals surface area contributed by atoms with Gasteiger partial charge in [-0.25, -0.2) is 8.42 Å². The van der Waals surface area contributed by atoms with E-state index in [1.54, 1.807) is 6.92 Å². The van der Waals surface area contributed by atoms with Gasteiger partial charge in [0.15, 0.2) is 0 Å². The number of carbonyl (C=O) groups is 2. The van der Waals surface area contributed by atoms with E-state index in [1.807, 2.05) is 61.5 Å². The first-order valence-electron chi connectivity index (χ1n) is 10.4. The van der Waals surface area contributed by atoms with E-state index in [4.69, 9.17) is 0 Å². The van der Waals surface area contributed by atoms with Crippen LogP contribution < -0.4 is 10.2 Å². The monoisotopic (exact) mass is 443 g/mol. The number of para-hydroxylation sites is 1. The van der Waals surface area contributed by atoms with E-state index in [-0.39, 0.29) is 25.4 Å². The van der Waals surface area contributed by atoms with Gasteiger partial charge < -0.3 is 5.32 Å². The normalized spacial score (nSPS) is 20.0. The highest BCUT2D eigenvalue weighted by Crippen LogP contribution is 2.33. The number of nitrogens with one attached hydrogen (secondary N) is 1. The number of hydrogen-bond donors (Lipinski definition) is 1. The van der Waals surface area contributed by atoms with Crippen LogP contribution >= 0.6 is 0 Å². The van der Waals surface area contributed by atoms with E-state index in [0.717, 1.165) is 15.4 Å². The molecule has 1 fully saturated rings. The maximum absolute atomic E-state index is 13.5. The molecule has 3 rings (SSSR count). The van der Waals surface area contributed by atoms with Gasteiger partial charge in [-0.2, -0.15) is 4.31 Å². The molecule has 0 aliphatic carbocycles. The Labute approximate surface area is 184 Å². The zero-order chi connectivity index (χ0) is 22.6. The smallest absolute Gasteiger partial charge is 0.247 e. The lowest BCUT2D eigenvalue weighted by molar-refractivity contribution is -0.133. The Morgan fingerprint density at radius 1 is 1.06 bits per heavy atom. The first-order chi connectivity index (χ1) is 14.7. The van der Waals surface area contributed by atoms with Gasteiger partial charge in [-0.3, -0.25) is 14.5 Å². The quantitative estimate of drug-likeness (QED) is 0.712. The Morgan fingerprint density at radius 3 is 2.35 bits per heavy atom. The second-order valence-electron chi connectivity index (χ2n) is 7.82. The van der Waals surface area contributed by atoms with Crippen LogP contribution in [0.3, 0.4) is 0 Å². The van der Waals surface area contributed by atoms with Crippen LogP contribution in [-0.2, 0) is 32.6 Å². The third kappa shape index (κ3) is 4.65. The molecule has 1 heterocycles. The summed E-state index contributed by atoms with van der Waals surface area (Å²) in [6.45, 7) is 5.05. The summed E-state index contributed by atoms with van der Waals surface area (Å²) in [6, 6.07) is 16.9. The van der Waals surface area contributed by atoms with Crippen molar-refractivity contribution in [1.82, 2.24) is 9.62 Å². The highest BCUT2D eigenvalue weighted by atomic mass is 32.2. The van der Waals surface area contributed by atoms with Crippen LogP contribution in [0, 0.1) is 0 Å². The number of sulfonamides is 1. The fraction of sp³-hybridized carbons (Fsp3) is 0.391. The molecule has 31 heavy (non-hydrogen) atoms. The number of nitrogens with zero attached hydrogens (tertiary/aromatic N) is 2. The van der Waals surface area contributed by atoms with Gasteiger partial charge in [0, 0.05) is 18.8 Å². The maximum atomic E-state index is 13.5. The summed E-state index contributed by atoms with van der Waals surface area (Å²) in [7, 11) is -3.64. The number of carbonyl (C=O) groups excluding carboxylic acids is 2. The van der Waals surface area contributed by atoms with Gasteiger partial charge in [-0.1, -0.05) is 55.5 Å². The van der Waals surface area contributed by atoms with Crippen molar-refractivity contribution in [1.29, 1.82) is 0 Å². The largest absolute Gasteiger partial charge is 0.350 e. The zero-order valence-corrected chi connectivity index (χ0v) is 19.0. The lowest BCUT2D eigenvalue weighted by Crippen LogP contribution is -2.70. The molecule has 1 N–H and O–H groups in total. The molecular formula is C23H29N3O4S. The van der Waals surface area contributed by atoms with Crippen molar-refractivity contribution < 1.29 is 18.0 Å². The molecular weight excluding hydrogens is 414 g/mol. The molecule has 1 atom stereocenters. The summed E-state index contributed by atoms with van der Waals surface area (Å²) < 4.78 is 26.3. The van der Waals surface area contributed by atoms with Gasteiger partial charge in [-0.15, -0.1) is 0 Å². The minimum absolute atomic E-state index is 0.104. The lowest BCUT2D eigenvalue weighted by atomic mass is 9.93.